The Bertz CT molecular complexity index is 1020. The summed E-state index contributed by atoms with van der Waals surface area (Å²) in [6, 6.07) is 15.8. The summed E-state index contributed by atoms with van der Waals surface area (Å²) in [5.74, 6) is 1.10. The zero-order valence-electron chi connectivity index (χ0n) is 17.6. The molecule has 2 amide bonds. The summed E-state index contributed by atoms with van der Waals surface area (Å²) >= 11 is 1.21. The Balaban J connectivity index is 1.58. The largest absolute Gasteiger partial charge is 0.497 e. The maximum absolute atomic E-state index is 12.5. The van der Waals surface area contributed by atoms with E-state index in [0.717, 1.165) is 0 Å². The van der Waals surface area contributed by atoms with Crippen LogP contribution in [-0.2, 0) is 4.79 Å². The highest BCUT2D eigenvalue weighted by molar-refractivity contribution is 7.99. The van der Waals surface area contributed by atoms with Gasteiger partial charge in [0.2, 0.25) is 11.1 Å². The number of thioether (sulfide) groups is 1. The van der Waals surface area contributed by atoms with Gasteiger partial charge in [0.15, 0.2) is 0 Å². The van der Waals surface area contributed by atoms with Gasteiger partial charge in [-0.15, -0.1) is 5.10 Å². The Morgan fingerprint density at radius 3 is 2.61 bits per heavy atom. The third-order valence-electron chi connectivity index (χ3n) is 4.45. The fourth-order valence-electron chi connectivity index (χ4n) is 2.85. The number of H-pyrrole nitrogens is 1. The van der Waals surface area contributed by atoms with E-state index in [1.54, 1.807) is 43.5 Å². The predicted octanol–water partition coefficient (Wildman–Crippen LogP) is 3.67. The molecule has 0 spiro atoms. The molecular formula is C22H25N5O3S. The second-order valence-corrected chi connectivity index (χ2v) is 8.08. The van der Waals surface area contributed by atoms with Crippen LogP contribution in [0, 0.1) is 5.92 Å². The monoisotopic (exact) mass is 439 g/mol. The first kappa shape index (κ1) is 22.4. The van der Waals surface area contributed by atoms with E-state index in [4.69, 9.17) is 4.74 Å². The summed E-state index contributed by atoms with van der Waals surface area (Å²) in [7, 11) is 1.57. The van der Waals surface area contributed by atoms with Gasteiger partial charge in [-0.25, -0.2) is 4.98 Å². The van der Waals surface area contributed by atoms with Gasteiger partial charge >= 0.3 is 0 Å². The summed E-state index contributed by atoms with van der Waals surface area (Å²) in [5.41, 5.74) is 1.24. The van der Waals surface area contributed by atoms with Crippen LogP contribution < -0.4 is 15.4 Å². The number of carbonyl (C=O) groups is 2. The van der Waals surface area contributed by atoms with E-state index in [1.165, 1.54) is 11.8 Å². The number of amides is 2. The van der Waals surface area contributed by atoms with Crippen molar-refractivity contribution in [2.45, 2.75) is 25.0 Å². The van der Waals surface area contributed by atoms with Crippen LogP contribution in [0.4, 0.5) is 5.69 Å². The first-order valence-corrected chi connectivity index (χ1v) is 10.8. The standard InChI is InChI=1S/C22H25N5O3S/c1-14(2)19(24-21(29)15-8-5-4-6-9-15)20-25-22(27-26-20)31-13-18(28)23-16-10-7-11-17(12-16)30-3/h4-12,14,19H,13H2,1-3H3,(H,23,28)(H,24,29)(H,25,26,27). The summed E-state index contributed by atoms with van der Waals surface area (Å²) in [5, 5.41) is 13.3. The fourth-order valence-corrected chi connectivity index (χ4v) is 3.46. The zero-order valence-corrected chi connectivity index (χ0v) is 18.4. The molecule has 3 rings (SSSR count). The number of hydrogen-bond donors (Lipinski definition) is 3. The highest BCUT2D eigenvalue weighted by atomic mass is 32.2. The van der Waals surface area contributed by atoms with Gasteiger partial charge in [-0.3, -0.25) is 14.7 Å². The van der Waals surface area contributed by atoms with E-state index in [9.17, 15) is 9.59 Å². The van der Waals surface area contributed by atoms with Crippen molar-refractivity contribution in [3.8, 4) is 5.75 Å². The molecule has 2 aromatic carbocycles. The number of hydrogen-bond acceptors (Lipinski definition) is 6. The van der Waals surface area contributed by atoms with Gasteiger partial charge in [0.05, 0.1) is 18.9 Å². The molecule has 31 heavy (non-hydrogen) atoms. The number of nitrogens with zero attached hydrogens (tertiary/aromatic N) is 2. The minimum absolute atomic E-state index is 0.0924. The molecule has 1 atom stereocenters. The second kappa shape index (κ2) is 10.6. The van der Waals surface area contributed by atoms with Crippen LogP contribution in [0.15, 0.2) is 59.8 Å². The molecular weight excluding hydrogens is 414 g/mol. The fraction of sp³-hybridized carbons (Fsp3) is 0.273. The van der Waals surface area contributed by atoms with Crippen molar-refractivity contribution in [2.24, 2.45) is 5.92 Å². The molecule has 0 bridgehead atoms. The van der Waals surface area contributed by atoms with Crippen molar-refractivity contribution in [1.82, 2.24) is 20.5 Å². The van der Waals surface area contributed by atoms with Crippen molar-refractivity contribution >= 4 is 29.3 Å². The van der Waals surface area contributed by atoms with Crippen LogP contribution in [-0.4, -0.2) is 39.9 Å². The van der Waals surface area contributed by atoms with Gasteiger partial charge in [0.25, 0.3) is 5.91 Å². The van der Waals surface area contributed by atoms with Gasteiger partial charge < -0.3 is 15.4 Å². The quantitative estimate of drug-likeness (QED) is 0.439. The Labute approximate surface area is 185 Å². The second-order valence-electron chi connectivity index (χ2n) is 7.13. The van der Waals surface area contributed by atoms with Crippen molar-refractivity contribution < 1.29 is 14.3 Å². The molecule has 1 unspecified atom stereocenters. The highest BCUT2D eigenvalue weighted by Crippen LogP contribution is 2.22. The van der Waals surface area contributed by atoms with Crippen molar-refractivity contribution in [2.75, 3.05) is 18.2 Å². The zero-order chi connectivity index (χ0) is 22.2. The van der Waals surface area contributed by atoms with Gasteiger partial charge in [-0.05, 0) is 30.2 Å². The first-order valence-electron chi connectivity index (χ1n) is 9.81. The number of methoxy groups -OCH3 is 1. The molecule has 0 fully saturated rings. The number of anilines is 1. The lowest BCUT2D eigenvalue weighted by atomic mass is 10.0. The molecule has 0 aliphatic carbocycles. The summed E-state index contributed by atoms with van der Waals surface area (Å²) in [6.45, 7) is 3.99. The number of carbonyl (C=O) groups excluding carboxylic acids is 2. The number of benzene rings is 2. The molecule has 3 aromatic rings. The number of ether oxygens (including phenoxy) is 1. The molecule has 3 N–H and O–H groups in total. The summed E-state index contributed by atoms with van der Waals surface area (Å²) in [6.07, 6.45) is 0. The number of nitrogens with one attached hydrogen (secondary N) is 3. The topological polar surface area (TPSA) is 109 Å². The molecule has 162 valence electrons. The molecule has 0 saturated heterocycles. The van der Waals surface area contributed by atoms with Crippen molar-refractivity contribution in [3.05, 3.63) is 66.0 Å². The molecule has 0 aliphatic rings. The molecule has 0 aliphatic heterocycles. The van der Waals surface area contributed by atoms with Gasteiger partial charge in [0.1, 0.15) is 11.6 Å². The third-order valence-corrected chi connectivity index (χ3v) is 5.30. The minimum atomic E-state index is -0.333. The van der Waals surface area contributed by atoms with Crippen LogP contribution in [0.25, 0.3) is 0 Å². The number of aromatic nitrogens is 3. The van der Waals surface area contributed by atoms with Gasteiger partial charge in [0, 0.05) is 17.3 Å². The Kier molecular flexibility index (Phi) is 7.66. The van der Waals surface area contributed by atoms with Crippen molar-refractivity contribution in [1.29, 1.82) is 0 Å². The molecule has 1 aromatic heterocycles. The van der Waals surface area contributed by atoms with E-state index in [-0.39, 0.29) is 29.5 Å². The van der Waals surface area contributed by atoms with Crippen LogP contribution >= 0.6 is 11.8 Å². The van der Waals surface area contributed by atoms with E-state index in [1.807, 2.05) is 32.0 Å². The Morgan fingerprint density at radius 2 is 1.90 bits per heavy atom. The first-order chi connectivity index (χ1) is 15.0. The molecule has 9 heteroatoms. The normalized spacial score (nSPS) is 11.7. The molecule has 0 radical (unpaired) electrons. The van der Waals surface area contributed by atoms with Crippen molar-refractivity contribution in [3.63, 3.8) is 0 Å². The van der Waals surface area contributed by atoms with E-state index >= 15 is 0 Å². The van der Waals surface area contributed by atoms with E-state index in [2.05, 4.69) is 25.8 Å². The lowest BCUT2D eigenvalue weighted by Crippen LogP contribution is -2.32. The van der Waals surface area contributed by atoms with Gasteiger partial charge in [-0.1, -0.05) is 49.9 Å². The lowest BCUT2D eigenvalue weighted by Gasteiger charge is -2.19. The summed E-state index contributed by atoms with van der Waals surface area (Å²) in [4.78, 5) is 29.2. The average molecular weight is 440 g/mol. The molecule has 8 nitrogen and oxygen atoms in total. The number of aromatic amines is 1. The van der Waals surface area contributed by atoms with Crippen LogP contribution in [0.1, 0.15) is 36.1 Å². The van der Waals surface area contributed by atoms with Gasteiger partial charge in [-0.2, -0.15) is 0 Å². The van der Waals surface area contributed by atoms with E-state index < -0.39 is 0 Å². The Hall–Kier alpha value is -3.33. The predicted molar refractivity (Wildman–Crippen MR) is 120 cm³/mol. The van der Waals surface area contributed by atoms with Crippen LogP contribution in [0.2, 0.25) is 0 Å². The van der Waals surface area contributed by atoms with Crippen LogP contribution in [0.3, 0.4) is 0 Å². The summed E-state index contributed by atoms with van der Waals surface area (Å²) < 4.78 is 5.16. The molecule has 0 saturated carbocycles. The third kappa shape index (κ3) is 6.32. The lowest BCUT2D eigenvalue weighted by molar-refractivity contribution is -0.113. The van der Waals surface area contributed by atoms with E-state index in [0.29, 0.717) is 28.0 Å². The Morgan fingerprint density at radius 1 is 1.13 bits per heavy atom. The highest BCUT2D eigenvalue weighted by Gasteiger charge is 2.23. The number of rotatable bonds is 9. The maximum atomic E-state index is 12.5. The maximum Gasteiger partial charge on any atom is 0.251 e. The van der Waals surface area contributed by atoms with Crippen LogP contribution in [0.5, 0.6) is 5.75 Å². The average Bonchev–Trinajstić information content (AvgIpc) is 3.25. The minimum Gasteiger partial charge on any atom is -0.497 e. The molecule has 1 heterocycles. The SMILES string of the molecule is COc1cccc(NC(=O)CSc2n[nH]c(C(NC(=O)c3ccccc3)C(C)C)n2)c1. The smallest absolute Gasteiger partial charge is 0.251 e.